The molecule has 124 valence electrons. The molecule has 22 heavy (non-hydrogen) atoms. The molecule has 0 bridgehead atoms. The average Bonchev–Trinajstić information content (AvgIpc) is 2.43. The van der Waals surface area contributed by atoms with Crippen LogP contribution < -0.4 is 10.1 Å². The number of carbonyl (C=O) groups is 1. The van der Waals surface area contributed by atoms with Crippen molar-refractivity contribution in [3.05, 3.63) is 29.3 Å². The Balaban J connectivity index is 2.88. The summed E-state index contributed by atoms with van der Waals surface area (Å²) in [5.74, 6) is 0.755. The van der Waals surface area contributed by atoms with Crippen molar-refractivity contribution in [2.45, 2.75) is 52.8 Å². The van der Waals surface area contributed by atoms with Gasteiger partial charge in [0.15, 0.2) is 0 Å². The van der Waals surface area contributed by atoms with Crippen LogP contribution in [0, 0.1) is 6.92 Å². The smallest absolute Gasteiger partial charge is 0.318 e. The van der Waals surface area contributed by atoms with Gasteiger partial charge in [0.05, 0.1) is 19.3 Å². The number of hydrogen-bond acceptors (Lipinski definition) is 3. The number of methoxy groups -OCH3 is 1. The zero-order valence-corrected chi connectivity index (χ0v) is 14.4. The van der Waals surface area contributed by atoms with E-state index < -0.39 is 6.10 Å². The Morgan fingerprint density at radius 1 is 1.32 bits per heavy atom. The molecule has 0 saturated carbocycles. The fourth-order valence-corrected chi connectivity index (χ4v) is 2.35. The van der Waals surface area contributed by atoms with Crippen LogP contribution in [-0.4, -0.2) is 41.8 Å². The number of rotatable bonds is 6. The molecule has 0 heterocycles. The van der Waals surface area contributed by atoms with Gasteiger partial charge in [-0.05, 0) is 40.7 Å². The Hall–Kier alpha value is -1.75. The lowest BCUT2D eigenvalue weighted by molar-refractivity contribution is 0.117. The first-order chi connectivity index (χ1) is 10.3. The zero-order valence-electron chi connectivity index (χ0n) is 14.4. The van der Waals surface area contributed by atoms with Crippen molar-refractivity contribution in [3.63, 3.8) is 0 Å². The third-order valence-electron chi connectivity index (χ3n) is 3.54. The minimum Gasteiger partial charge on any atom is -0.496 e. The predicted octanol–water partition coefficient (Wildman–Crippen LogP) is 2.87. The average molecular weight is 308 g/mol. The highest BCUT2D eigenvalue weighted by Crippen LogP contribution is 2.26. The first kappa shape index (κ1) is 18.3. The number of benzene rings is 1. The van der Waals surface area contributed by atoms with Crippen LogP contribution in [0.5, 0.6) is 5.75 Å². The highest BCUT2D eigenvalue weighted by Gasteiger charge is 2.22. The molecule has 1 aromatic rings. The van der Waals surface area contributed by atoms with E-state index in [0.29, 0.717) is 6.54 Å². The number of hydrogen-bond donors (Lipinski definition) is 2. The Bertz CT molecular complexity index is 501. The molecule has 2 N–H and O–H groups in total. The Morgan fingerprint density at radius 2 is 1.95 bits per heavy atom. The van der Waals surface area contributed by atoms with Crippen LogP contribution in [-0.2, 0) is 0 Å². The summed E-state index contributed by atoms with van der Waals surface area (Å²) in [4.78, 5) is 14.1. The SMILES string of the molecule is COc1ccc(C)cc1C(C)NC(=O)N(CC(C)O)C(C)C. The molecule has 0 spiro atoms. The summed E-state index contributed by atoms with van der Waals surface area (Å²) in [6, 6.07) is 5.54. The van der Waals surface area contributed by atoms with Gasteiger partial charge in [-0.1, -0.05) is 17.7 Å². The molecule has 1 aromatic carbocycles. The first-order valence-corrected chi connectivity index (χ1v) is 7.66. The van der Waals surface area contributed by atoms with E-state index in [4.69, 9.17) is 4.74 Å². The molecular formula is C17H28N2O3. The Labute approximate surface area is 133 Å². The summed E-state index contributed by atoms with van der Waals surface area (Å²) in [6.45, 7) is 9.78. The zero-order chi connectivity index (χ0) is 16.9. The number of carbonyl (C=O) groups excluding carboxylic acids is 1. The lowest BCUT2D eigenvalue weighted by Gasteiger charge is -2.30. The largest absolute Gasteiger partial charge is 0.496 e. The molecule has 5 heteroatoms. The van der Waals surface area contributed by atoms with Gasteiger partial charge in [0, 0.05) is 18.2 Å². The van der Waals surface area contributed by atoms with E-state index in [-0.39, 0.29) is 18.1 Å². The highest BCUT2D eigenvalue weighted by atomic mass is 16.5. The second-order valence-corrected chi connectivity index (χ2v) is 6.01. The number of aliphatic hydroxyl groups excluding tert-OH is 1. The topological polar surface area (TPSA) is 61.8 Å². The van der Waals surface area contributed by atoms with E-state index in [0.717, 1.165) is 16.9 Å². The van der Waals surface area contributed by atoms with Crippen LogP contribution in [0.2, 0.25) is 0 Å². The number of ether oxygens (including phenoxy) is 1. The third-order valence-corrected chi connectivity index (χ3v) is 3.54. The fourth-order valence-electron chi connectivity index (χ4n) is 2.35. The van der Waals surface area contributed by atoms with Crippen molar-refractivity contribution in [2.75, 3.05) is 13.7 Å². The second-order valence-electron chi connectivity index (χ2n) is 6.01. The van der Waals surface area contributed by atoms with Crippen LogP contribution in [0.4, 0.5) is 4.79 Å². The quantitative estimate of drug-likeness (QED) is 0.849. The van der Waals surface area contributed by atoms with Crippen LogP contribution in [0.1, 0.15) is 44.9 Å². The van der Waals surface area contributed by atoms with Crippen LogP contribution in [0.3, 0.4) is 0 Å². The summed E-state index contributed by atoms with van der Waals surface area (Å²) in [7, 11) is 1.62. The molecule has 5 nitrogen and oxygen atoms in total. The fraction of sp³-hybridized carbons (Fsp3) is 0.588. The molecule has 2 amide bonds. The van der Waals surface area contributed by atoms with Gasteiger partial charge in [0.25, 0.3) is 0 Å². The molecule has 0 aliphatic rings. The van der Waals surface area contributed by atoms with E-state index in [1.54, 1.807) is 18.9 Å². The summed E-state index contributed by atoms with van der Waals surface area (Å²) in [5.41, 5.74) is 2.05. The van der Waals surface area contributed by atoms with Gasteiger partial charge in [-0.2, -0.15) is 0 Å². The van der Waals surface area contributed by atoms with Crippen molar-refractivity contribution < 1.29 is 14.6 Å². The molecule has 0 aliphatic heterocycles. The van der Waals surface area contributed by atoms with Gasteiger partial charge in [-0.15, -0.1) is 0 Å². The molecule has 1 rings (SSSR count). The second kappa shape index (κ2) is 8.03. The minimum absolute atomic E-state index is 0.0150. The van der Waals surface area contributed by atoms with E-state index >= 15 is 0 Å². The predicted molar refractivity (Wildman–Crippen MR) is 88.2 cm³/mol. The molecule has 0 fully saturated rings. The van der Waals surface area contributed by atoms with Gasteiger partial charge in [0.2, 0.25) is 0 Å². The van der Waals surface area contributed by atoms with Crippen molar-refractivity contribution in [3.8, 4) is 5.75 Å². The molecule has 0 aromatic heterocycles. The van der Waals surface area contributed by atoms with E-state index in [2.05, 4.69) is 5.32 Å². The summed E-state index contributed by atoms with van der Waals surface area (Å²) < 4.78 is 5.37. The number of nitrogens with one attached hydrogen (secondary N) is 1. The lowest BCUT2D eigenvalue weighted by atomic mass is 10.0. The van der Waals surface area contributed by atoms with E-state index in [9.17, 15) is 9.90 Å². The third kappa shape index (κ3) is 4.91. The molecule has 0 radical (unpaired) electrons. The lowest BCUT2D eigenvalue weighted by Crippen LogP contribution is -2.47. The van der Waals surface area contributed by atoms with Crippen molar-refractivity contribution >= 4 is 6.03 Å². The number of urea groups is 1. The van der Waals surface area contributed by atoms with Crippen molar-refractivity contribution in [1.29, 1.82) is 0 Å². The first-order valence-electron chi connectivity index (χ1n) is 7.66. The number of amides is 2. The number of aryl methyl sites for hydroxylation is 1. The van der Waals surface area contributed by atoms with Crippen LogP contribution in [0.15, 0.2) is 18.2 Å². The number of nitrogens with zero attached hydrogens (tertiary/aromatic N) is 1. The van der Waals surface area contributed by atoms with Crippen molar-refractivity contribution in [2.24, 2.45) is 0 Å². The molecule has 0 aliphatic carbocycles. The summed E-state index contributed by atoms with van der Waals surface area (Å²) >= 11 is 0. The Kier molecular flexibility index (Phi) is 6.68. The maximum absolute atomic E-state index is 12.5. The van der Waals surface area contributed by atoms with E-state index in [1.807, 2.05) is 45.9 Å². The van der Waals surface area contributed by atoms with Gasteiger partial charge < -0.3 is 20.1 Å². The van der Waals surface area contributed by atoms with Gasteiger partial charge in [-0.25, -0.2) is 4.79 Å². The van der Waals surface area contributed by atoms with Crippen LogP contribution in [0.25, 0.3) is 0 Å². The standard InChI is InChI=1S/C17H28N2O3/c1-11(2)19(10-13(4)20)17(21)18-14(5)15-9-12(3)7-8-16(15)22-6/h7-9,11,13-14,20H,10H2,1-6H3,(H,18,21). The van der Waals surface area contributed by atoms with Gasteiger partial charge in [-0.3, -0.25) is 0 Å². The summed E-state index contributed by atoms with van der Waals surface area (Å²) in [5, 5.41) is 12.5. The maximum Gasteiger partial charge on any atom is 0.318 e. The molecule has 2 atom stereocenters. The molecule has 0 saturated heterocycles. The minimum atomic E-state index is -0.558. The number of aliphatic hydroxyl groups is 1. The van der Waals surface area contributed by atoms with Crippen molar-refractivity contribution in [1.82, 2.24) is 10.2 Å². The van der Waals surface area contributed by atoms with Gasteiger partial charge >= 0.3 is 6.03 Å². The molecular weight excluding hydrogens is 280 g/mol. The van der Waals surface area contributed by atoms with E-state index in [1.165, 1.54) is 0 Å². The summed E-state index contributed by atoms with van der Waals surface area (Å²) in [6.07, 6.45) is -0.558. The van der Waals surface area contributed by atoms with Gasteiger partial charge in [0.1, 0.15) is 5.75 Å². The molecule has 2 unspecified atom stereocenters. The van der Waals surface area contributed by atoms with Crippen LogP contribution >= 0.6 is 0 Å². The monoisotopic (exact) mass is 308 g/mol. The normalized spacial score (nSPS) is 13.6. The Morgan fingerprint density at radius 3 is 2.45 bits per heavy atom. The highest BCUT2D eigenvalue weighted by molar-refractivity contribution is 5.75. The maximum atomic E-state index is 12.5.